The third-order valence-electron chi connectivity index (χ3n) is 5.10. The maximum Gasteiger partial charge on any atom is 0.322 e. The zero-order valence-electron chi connectivity index (χ0n) is 15.8. The van der Waals surface area contributed by atoms with Crippen molar-refractivity contribution in [2.75, 3.05) is 11.9 Å². The van der Waals surface area contributed by atoms with E-state index in [9.17, 15) is 13.6 Å². The number of aromatic nitrogens is 4. The Morgan fingerprint density at radius 1 is 1.19 bits per heavy atom. The van der Waals surface area contributed by atoms with E-state index in [-0.39, 0.29) is 23.8 Å². The van der Waals surface area contributed by atoms with Gasteiger partial charge in [0.25, 0.3) is 0 Å². The maximum atomic E-state index is 14.8. The molecule has 4 aromatic rings. The summed E-state index contributed by atoms with van der Waals surface area (Å²) >= 11 is 6.35. The molecule has 0 bridgehead atoms. The van der Waals surface area contributed by atoms with Crippen molar-refractivity contribution in [2.24, 2.45) is 0 Å². The molecule has 0 saturated heterocycles. The molecular weight excluding hydrogens is 430 g/mol. The molecule has 0 fully saturated rings. The summed E-state index contributed by atoms with van der Waals surface area (Å²) in [5.41, 5.74) is 2.73. The maximum absolute atomic E-state index is 14.8. The smallest absolute Gasteiger partial charge is 0.320 e. The van der Waals surface area contributed by atoms with Crippen molar-refractivity contribution in [3.63, 3.8) is 0 Å². The van der Waals surface area contributed by atoms with E-state index >= 15 is 0 Å². The summed E-state index contributed by atoms with van der Waals surface area (Å²) in [4.78, 5) is 21.8. The van der Waals surface area contributed by atoms with Crippen LogP contribution in [-0.2, 0) is 13.0 Å². The highest BCUT2D eigenvalue weighted by Crippen LogP contribution is 2.33. The van der Waals surface area contributed by atoms with Gasteiger partial charge in [-0.1, -0.05) is 11.6 Å². The normalized spacial score (nSPS) is 13.3. The lowest BCUT2D eigenvalue weighted by molar-refractivity contribution is 0.205. The number of pyridine rings is 2. The van der Waals surface area contributed by atoms with Crippen molar-refractivity contribution in [2.45, 2.75) is 13.0 Å². The summed E-state index contributed by atoms with van der Waals surface area (Å²) in [5.74, 6) is -1.20. The average molecular weight is 443 g/mol. The second-order valence-corrected chi connectivity index (χ2v) is 7.39. The molecule has 1 aliphatic rings. The molecule has 0 spiro atoms. The topological polar surface area (TPSA) is 97.0 Å². The van der Waals surface area contributed by atoms with E-state index in [1.54, 1.807) is 12.1 Å². The van der Waals surface area contributed by atoms with E-state index in [2.05, 4.69) is 30.2 Å². The summed E-state index contributed by atoms with van der Waals surface area (Å²) in [6.07, 6.45) is 3.16. The Morgan fingerprint density at radius 2 is 2.06 bits per heavy atom. The van der Waals surface area contributed by atoms with Crippen LogP contribution in [0.25, 0.3) is 22.3 Å². The van der Waals surface area contributed by atoms with Crippen LogP contribution in [0.3, 0.4) is 0 Å². The summed E-state index contributed by atoms with van der Waals surface area (Å²) in [5, 5.41) is 10.1. The monoisotopic (exact) mass is 442 g/mol. The lowest BCUT2D eigenvalue weighted by Gasteiger charge is -2.29. The number of carbonyl (C=O) groups excluding carboxylic acids is 1. The lowest BCUT2D eigenvalue weighted by Crippen LogP contribution is -2.39. The molecule has 3 aromatic heterocycles. The fourth-order valence-corrected chi connectivity index (χ4v) is 3.78. The number of carbonyl (C=O) groups is 1. The van der Waals surface area contributed by atoms with Crippen LogP contribution in [0, 0.1) is 11.8 Å². The second kappa shape index (κ2) is 7.55. The number of halogens is 3. The van der Waals surface area contributed by atoms with Gasteiger partial charge < -0.3 is 10.2 Å². The van der Waals surface area contributed by atoms with Crippen molar-refractivity contribution in [3.8, 4) is 11.1 Å². The molecule has 0 saturated carbocycles. The molecule has 11 heteroatoms. The predicted octanol–water partition coefficient (Wildman–Crippen LogP) is 4.20. The first kappa shape index (κ1) is 19.3. The fourth-order valence-electron chi connectivity index (χ4n) is 3.51. The Balaban J connectivity index is 1.37. The van der Waals surface area contributed by atoms with Gasteiger partial charge in [-0.05, 0) is 46.6 Å². The molecule has 0 atom stereocenters. The van der Waals surface area contributed by atoms with Crippen LogP contribution in [0.5, 0.6) is 0 Å². The molecular formula is C20H13ClF2N6O2. The molecule has 31 heavy (non-hydrogen) atoms. The minimum Gasteiger partial charge on any atom is -0.320 e. The van der Waals surface area contributed by atoms with Crippen molar-refractivity contribution in [3.05, 3.63) is 64.6 Å². The molecule has 5 rings (SSSR count). The van der Waals surface area contributed by atoms with Crippen LogP contribution in [0.4, 0.5) is 19.3 Å². The molecule has 1 aromatic carbocycles. The number of anilines is 1. The first-order valence-electron chi connectivity index (χ1n) is 9.25. The minimum atomic E-state index is -0.668. The van der Waals surface area contributed by atoms with Gasteiger partial charge in [0.1, 0.15) is 5.82 Å². The van der Waals surface area contributed by atoms with Gasteiger partial charge in [-0.2, -0.15) is 4.39 Å². The van der Waals surface area contributed by atoms with Crippen LogP contribution >= 0.6 is 11.6 Å². The Hall–Kier alpha value is -3.66. The van der Waals surface area contributed by atoms with Crippen LogP contribution < -0.4 is 5.32 Å². The molecule has 2 amide bonds. The highest BCUT2D eigenvalue weighted by Gasteiger charge is 2.24. The number of hydrogen-bond donors (Lipinski definition) is 1. The standard InChI is InChI=1S/C20H13ClF2N6O2/c21-14-7-16(15(22)6-13(14)11-5-17-19(25-8-11)28-31-27-17)26-20(30)29-4-2-12-10(9-29)1-3-24-18(12)23/h1,3,5-8H,2,4,9H2,(H,26,30). The van der Waals surface area contributed by atoms with E-state index < -0.39 is 17.8 Å². The van der Waals surface area contributed by atoms with Gasteiger partial charge in [-0.3, -0.25) is 0 Å². The summed E-state index contributed by atoms with van der Waals surface area (Å²) in [6.45, 7) is 0.484. The molecule has 8 nitrogen and oxygen atoms in total. The number of amides is 2. The van der Waals surface area contributed by atoms with E-state index in [0.29, 0.717) is 39.8 Å². The van der Waals surface area contributed by atoms with Crippen molar-refractivity contribution in [1.29, 1.82) is 0 Å². The van der Waals surface area contributed by atoms with Crippen molar-refractivity contribution < 1.29 is 18.2 Å². The Bertz CT molecular complexity index is 1330. The van der Waals surface area contributed by atoms with Gasteiger partial charge in [-0.25, -0.2) is 23.8 Å². The lowest BCUT2D eigenvalue weighted by atomic mass is 10.0. The third kappa shape index (κ3) is 3.55. The van der Waals surface area contributed by atoms with Crippen LogP contribution in [0.15, 0.2) is 41.3 Å². The molecule has 0 aliphatic carbocycles. The van der Waals surface area contributed by atoms with Crippen molar-refractivity contribution >= 4 is 34.5 Å². The average Bonchev–Trinajstić information content (AvgIpc) is 3.24. The molecule has 1 N–H and O–H groups in total. The number of rotatable bonds is 2. The number of nitrogens with one attached hydrogen (secondary N) is 1. The van der Waals surface area contributed by atoms with Crippen LogP contribution in [-0.4, -0.2) is 37.8 Å². The summed E-state index contributed by atoms with van der Waals surface area (Å²) < 4.78 is 33.2. The van der Waals surface area contributed by atoms with Crippen LogP contribution in [0.1, 0.15) is 11.1 Å². The van der Waals surface area contributed by atoms with E-state index in [4.69, 9.17) is 11.6 Å². The van der Waals surface area contributed by atoms with Gasteiger partial charge in [0, 0.05) is 42.2 Å². The zero-order valence-corrected chi connectivity index (χ0v) is 16.5. The highest BCUT2D eigenvalue weighted by atomic mass is 35.5. The van der Waals surface area contributed by atoms with Gasteiger partial charge in [0.2, 0.25) is 11.6 Å². The van der Waals surface area contributed by atoms with Gasteiger partial charge in [-0.15, -0.1) is 0 Å². The molecule has 0 unspecified atom stereocenters. The van der Waals surface area contributed by atoms with E-state index in [0.717, 1.165) is 0 Å². The molecule has 4 heterocycles. The van der Waals surface area contributed by atoms with E-state index in [1.807, 2.05) is 0 Å². The predicted molar refractivity (Wildman–Crippen MR) is 107 cm³/mol. The number of nitrogens with zero attached hydrogens (tertiary/aromatic N) is 5. The first-order chi connectivity index (χ1) is 15.0. The fraction of sp³-hybridized carbons (Fsp3) is 0.150. The molecule has 1 aliphatic heterocycles. The Morgan fingerprint density at radius 3 is 2.94 bits per heavy atom. The van der Waals surface area contributed by atoms with E-state index in [1.165, 1.54) is 29.4 Å². The largest absolute Gasteiger partial charge is 0.322 e. The van der Waals surface area contributed by atoms with Gasteiger partial charge in [0.05, 0.1) is 10.7 Å². The van der Waals surface area contributed by atoms with Crippen molar-refractivity contribution in [1.82, 2.24) is 25.2 Å². The number of urea groups is 1. The van der Waals surface area contributed by atoms with Gasteiger partial charge >= 0.3 is 6.03 Å². The summed E-state index contributed by atoms with van der Waals surface area (Å²) in [6, 6.07) is 5.32. The Labute approximate surface area is 178 Å². The number of fused-ring (bicyclic) bond motifs is 2. The third-order valence-corrected chi connectivity index (χ3v) is 5.42. The number of hydrogen-bond acceptors (Lipinski definition) is 6. The zero-order chi connectivity index (χ0) is 21.5. The Kier molecular flexibility index (Phi) is 4.70. The number of benzene rings is 1. The quantitative estimate of drug-likeness (QED) is 0.467. The SMILES string of the molecule is O=C(Nc1cc(Cl)c(-c2cnc3nonc3c2)cc1F)N1CCc2c(ccnc2F)C1. The molecule has 156 valence electrons. The first-order valence-corrected chi connectivity index (χ1v) is 9.63. The van der Waals surface area contributed by atoms with Gasteiger partial charge in [0.15, 0.2) is 5.52 Å². The highest BCUT2D eigenvalue weighted by molar-refractivity contribution is 6.33. The molecule has 0 radical (unpaired) electrons. The second-order valence-electron chi connectivity index (χ2n) is 6.98. The summed E-state index contributed by atoms with van der Waals surface area (Å²) in [7, 11) is 0. The van der Waals surface area contributed by atoms with Crippen LogP contribution in [0.2, 0.25) is 5.02 Å². The minimum absolute atomic E-state index is 0.0670.